The Balaban J connectivity index is 1.75. The lowest BCUT2D eigenvalue weighted by molar-refractivity contribution is 0.459. The standard InChI is InChI=1S/C14H19N3O2S/c15-8-12-1-2-14-16-13(10-17(14)9-12)7-11-3-5-20(18,19)6-4-11/h1-2,9-11H,3-8,15H2. The maximum Gasteiger partial charge on any atom is 0.150 e. The summed E-state index contributed by atoms with van der Waals surface area (Å²) in [5.41, 5.74) is 8.65. The van der Waals surface area contributed by atoms with E-state index in [1.807, 2.05) is 28.9 Å². The number of hydrogen-bond acceptors (Lipinski definition) is 4. The molecule has 6 heteroatoms. The molecule has 0 spiro atoms. The Hall–Kier alpha value is -1.40. The summed E-state index contributed by atoms with van der Waals surface area (Å²) in [7, 11) is -2.78. The van der Waals surface area contributed by atoms with Crippen LogP contribution in [-0.2, 0) is 22.8 Å². The van der Waals surface area contributed by atoms with Crippen molar-refractivity contribution in [1.82, 2.24) is 9.38 Å². The number of imidazole rings is 1. The predicted octanol–water partition coefficient (Wildman–Crippen LogP) is 1.16. The van der Waals surface area contributed by atoms with Crippen LogP contribution in [0.1, 0.15) is 24.1 Å². The molecule has 1 saturated heterocycles. The molecule has 5 nitrogen and oxygen atoms in total. The highest BCUT2D eigenvalue weighted by molar-refractivity contribution is 7.91. The molecule has 0 atom stereocenters. The van der Waals surface area contributed by atoms with Crippen LogP contribution in [0.25, 0.3) is 5.65 Å². The van der Waals surface area contributed by atoms with Gasteiger partial charge in [-0.2, -0.15) is 0 Å². The lowest BCUT2D eigenvalue weighted by Crippen LogP contribution is -2.24. The van der Waals surface area contributed by atoms with Crippen LogP contribution in [0.5, 0.6) is 0 Å². The highest BCUT2D eigenvalue weighted by atomic mass is 32.2. The fraction of sp³-hybridized carbons (Fsp3) is 0.500. The lowest BCUT2D eigenvalue weighted by Gasteiger charge is -2.20. The summed E-state index contributed by atoms with van der Waals surface area (Å²) < 4.78 is 24.9. The van der Waals surface area contributed by atoms with E-state index in [-0.39, 0.29) is 0 Å². The summed E-state index contributed by atoms with van der Waals surface area (Å²) in [4.78, 5) is 4.59. The smallest absolute Gasteiger partial charge is 0.150 e. The Morgan fingerprint density at radius 2 is 2.00 bits per heavy atom. The van der Waals surface area contributed by atoms with Crippen LogP contribution in [0.3, 0.4) is 0 Å². The number of nitrogens with two attached hydrogens (primary N) is 1. The topological polar surface area (TPSA) is 77.5 Å². The van der Waals surface area contributed by atoms with Gasteiger partial charge in [0.1, 0.15) is 15.5 Å². The molecular formula is C14H19N3O2S. The van der Waals surface area contributed by atoms with Gasteiger partial charge in [-0.25, -0.2) is 13.4 Å². The molecule has 2 N–H and O–H groups in total. The van der Waals surface area contributed by atoms with E-state index in [1.165, 1.54) is 0 Å². The second-order valence-corrected chi connectivity index (χ2v) is 7.84. The summed E-state index contributed by atoms with van der Waals surface area (Å²) in [6.07, 6.45) is 6.39. The van der Waals surface area contributed by atoms with E-state index in [0.717, 1.165) is 36.2 Å². The highest BCUT2D eigenvalue weighted by Crippen LogP contribution is 2.23. The Morgan fingerprint density at radius 3 is 2.70 bits per heavy atom. The normalized spacial score (nSPS) is 19.4. The molecular weight excluding hydrogens is 274 g/mol. The van der Waals surface area contributed by atoms with Crippen molar-refractivity contribution >= 4 is 15.5 Å². The van der Waals surface area contributed by atoms with Gasteiger partial charge in [0.05, 0.1) is 17.2 Å². The van der Waals surface area contributed by atoms with Crippen LogP contribution in [0.15, 0.2) is 24.5 Å². The van der Waals surface area contributed by atoms with E-state index in [1.54, 1.807) is 0 Å². The van der Waals surface area contributed by atoms with Gasteiger partial charge in [0, 0.05) is 18.9 Å². The average molecular weight is 293 g/mol. The van der Waals surface area contributed by atoms with Crippen molar-refractivity contribution in [3.8, 4) is 0 Å². The van der Waals surface area contributed by atoms with Gasteiger partial charge in [-0.05, 0) is 36.8 Å². The first-order valence-electron chi connectivity index (χ1n) is 6.93. The van der Waals surface area contributed by atoms with Gasteiger partial charge in [0.15, 0.2) is 0 Å². The SMILES string of the molecule is NCc1ccc2nc(CC3CCS(=O)(=O)CC3)cn2c1. The molecule has 0 bridgehead atoms. The molecule has 1 fully saturated rings. The van der Waals surface area contributed by atoms with Gasteiger partial charge in [-0.3, -0.25) is 0 Å². The zero-order chi connectivity index (χ0) is 14.2. The number of rotatable bonds is 3. The second-order valence-electron chi connectivity index (χ2n) is 5.54. The van der Waals surface area contributed by atoms with Crippen LogP contribution in [0.4, 0.5) is 0 Å². The second kappa shape index (κ2) is 5.18. The van der Waals surface area contributed by atoms with Crippen molar-refractivity contribution in [1.29, 1.82) is 0 Å². The maximum atomic E-state index is 11.4. The molecule has 0 radical (unpaired) electrons. The largest absolute Gasteiger partial charge is 0.326 e. The molecule has 1 aliphatic heterocycles. The van der Waals surface area contributed by atoms with Crippen molar-refractivity contribution in [2.45, 2.75) is 25.8 Å². The van der Waals surface area contributed by atoms with E-state index in [0.29, 0.717) is 24.0 Å². The van der Waals surface area contributed by atoms with Crippen molar-refractivity contribution in [2.75, 3.05) is 11.5 Å². The van der Waals surface area contributed by atoms with Gasteiger partial charge in [0.2, 0.25) is 0 Å². The minimum Gasteiger partial charge on any atom is -0.326 e. The quantitative estimate of drug-likeness (QED) is 0.921. The molecule has 20 heavy (non-hydrogen) atoms. The van der Waals surface area contributed by atoms with Gasteiger partial charge in [-0.15, -0.1) is 0 Å². The van der Waals surface area contributed by atoms with Gasteiger partial charge in [-0.1, -0.05) is 6.07 Å². The zero-order valence-electron chi connectivity index (χ0n) is 11.3. The van der Waals surface area contributed by atoms with Crippen LogP contribution < -0.4 is 5.73 Å². The monoisotopic (exact) mass is 293 g/mol. The van der Waals surface area contributed by atoms with E-state index in [9.17, 15) is 8.42 Å². The third kappa shape index (κ3) is 2.86. The Labute approximate surface area is 118 Å². The fourth-order valence-electron chi connectivity index (χ4n) is 2.75. The minimum absolute atomic E-state index is 0.322. The molecule has 2 aromatic rings. The molecule has 108 valence electrons. The molecule has 0 amide bonds. The number of pyridine rings is 1. The van der Waals surface area contributed by atoms with Crippen LogP contribution in [-0.4, -0.2) is 29.3 Å². The number of sulfone groups is 1. The maximum absolute atomic E-state index is 11.4. The predicted molar refractivity (Wildman–Crippen MR) is 78.2 cm³/mol. The molecule has 2 aromatic heterocycles. The molecule has 3 heterocycles. The Morgan fingerprint density at radius 1 is 1.25 bits per heavy atom. The summed E-state index contributed by atoms with van der Waals surface area (Å²) in [5.74, 6) is 1.07. The Kier molecular flexibility index (Phi) is 3.52. The van der Waals surface area contributed by atoms with Crippen LogP contribution >= 0.6 is 0 Å². The van der Waals surface area contributed by atoms with Crippen molar-refractivity contribution in [3.63, 3.8) is 0 Å². The number of hydrogen-bond donors (Lipinski definition) is 1. The fourth-order valence-corrected chi connectivity index (χ4v) is 4.34. The molecule has 0 saturated carbocycles. The molecule has 0 aromatic carbocycles. The van der Waals surface area contributed by atoms with E-state index in [2.05, 4.69) is 4.98 Å². The molecule has 3 rings (SSSR count). The lowest BCUT2D eigenvalue weighted by atomic mass is 9.97. The van der Waals surface area contributed by atoms with Crippen molar-refractivity contribution in [3.05, 3.63) is 35.8 Å². The van der Waals surface area contributed by atoms with E-state index in [4.69, 9.17) is 5.73 Å². The van der Waals surface area contributed by atoms with Gasteiger partial charge < -0.3 is 10.1 Å². The molecule has 0 aliphatic carbocycles. The third-order valence-corrected chi connectivity index (χ3v) is 5.69. The summed E-state index contributed by atoms with van der Waals surface area (Å²) >= 11 is 0. The summed E-state index contributed by atoms with van der Waals surface area (Å²) in [5, 5.41) is 0. The van der Waals surface area contributed by atoms with Crippen LogP contribution in [0, 0.1) is 5.92 Å². The van der Waals surface area contributed by atoms with Crippen molar-refractivity contribution in [2.24, 2.45) is 11.7 Å². The summed E-state index contributed by atoms with van der Waals surface area (Å²) in [6.45, 7) is 0.518. The molecule has 0 unspecified atom stereocenters. The van der Waals surface area contributed by atoms with Crippen LogP contribution in [0.2, 0.25) is 0 Å². The van der Waals surface area contributed by atoms with Gasteiger partial charge in [0.25, 0.3) is 0 Å². The minimum atomic E-state index is -2.78. The highest BCUT2D eigenvalue weighted by Gasteiger charge is 2.24. The number of nitrogens with zero attached hydrogens (tertiary/aromatic N) is 2. The summed E-state index contributed by atoms with van der Waals surface area (Å²) in [6, 6.07) is 3.95. The van der Waals surface area contributed by atoms with Gasteiger partial charge >= 0.3 is 0 Å². The first-order chi connectivity index (χ1) is 9.55. The number of aromatic nitrogens is 2. The Bertz CT molecular complexity index is 707. The van der Waals surface area contributed by atoms with Crippen molar-refractivity contribution < 1.29 is 8.42 Å². The van der Waals surface area contributed by atoms with E-state index < -0.39 is 9.84 Å². The van der Waals surface area contributed by atoms with E-state index >= 15 is 0 Å². The zero-order valence-corrected chi connectivity index (χ0v) is 12.1. The first-order valence-corrected chi connectivity index (χ1v) is 8.75. The number of fused-ring (bicyclic) bond motifs is 1. The molecule has 1 aliphatic rings. The average Bonchev–Trinajstić information content (AvgIpc) is 2.82. The first kappa shape index (κ1) is 13.6. The third-order valence-electron chi connectivity index (χ3n) is 3.97.